The highest BCUT2D eigenvalue weighted by atomic mass is 14.5. The van der Waals surface area contributed by atoms with Gasteiger partial charge in [-0.15, -0.1) is 0 Å². The zero-order valence-electron chi connectivity index (χ0n) is 26.1. The van der Waals surface area contributed by atoms with E-state index in [4.69, 9.17) is 11.5 Å². The van der Waals surface area contributed by atoms with Gasteiger partial charge in [-0.05, 0) is 76.9 Å². The minimum Gasteiger partial charge on any atom is -0.399 e. The molecule has 2 nitrogen and oxygen atoms in total. The van der Waals surface area contributed by atoms with Crippen molar-refractivity contribution in [2.24, 2.45) is 0 Å². The predicted octanol–water partition coefficient (Wildman–Crippen LogP) is 10.6. The lowest BCUT2D eigenvalue weighted by Gasteiger charge is -2.32. The van der Waals surface area contributed by atoms with E-state index in [1.54, 1.807) is 0 Å². The Hall–Kier alpha value is -3.52. The average Bonchev–Trinajstić information content (AvgIpc) is 3.01. The molecule has 0 fully saturated rings. The summed E-state index contributed by atoms with van der Waals surface area (Å²) in [4.78, 5) is 0. The van der Waals surface area contributed by atoms with E-state index in [0.29, 0.717) is 0 Å². The van der Waals surface area contributed by atoms with Gasteiger partial charge in [-0.2, -0.15) is 0 Å². The van der Waals surface area contributed by atoms with Crippen LogP contribution < -0.4 is 11.5 Å². The van der Waals surface area contributed by atoms with Crippen LogP contribution in [0.4, 0.5) is 11.4 Å². The normalized spacial score (nSPS) is 11.6. The van der Waals surface area contributed by atoms with Gasteiger partial charge < -0.3 is 11.5 Å². The Morgan fingerprint density at radius 3 is 1.10 bits per heavy atom. The second-order valence-electron chi connectivity index (χ2n) is 12.5. The number of benzene rings is 4. The quantitative estimate of drug-likeness (QED) is 0.0996. The lowest BCUT2D eigenvalue weighted by Crippen LogP contribution is -2.24. The van der Waals surface area contributed by atoms with Crippen molar-refractivity contribution < 1.29 is 0 Å². The van der Waals surface area contributed by atoms with E-state index >= 15 is 0 Å². The van der Waals surface area contributed by atoms with Gasteiger partial charge in [0.05, 0.1) is 0 Å². The lowest BCUT2D eigenvalue weighted by atomic mass is 9.72. The summed E-state index contributed by atoms with van der Waals surface area (Å²) < 4.78 is 0. The summed E-state index contributed by atoms with van der Waals surface area (Å²) in [6, 6.07) is 35.2. The average molecular weight is 561 g/mol. The molecule has 0 bridgehead atoms. The first-order chi connectivity index (χ1) is 20.5. The molecule has 0 aliphatic heterocycles. The van der Waals surface area contributed by atoms with Crippen molar-refractivity contribution >= 4 is 11.4 Å². The third-order valence-electron chi connectivity index (χ3n) is 8.99. The van der Waals surface area contributed by atoms with Crippen LogP contribution in [0.5, 0.6) is 0 Å². The number of anilines is 2. The first-order valence-electron chi connectivity index (χ1n) is 16.3. The molecule has 0 spiro atoms. The molecule has 0 aliphatic carbocycles. The van der Waals surface area contributed by atoms with E-state index in [0.717, 1.165) is 30.6 Å². The fourth-order valence-electron chi connectivity index (χ4n) is 6.14. The van der Waals surface area contributed by atoms with Gasteiger partial charge in [0.15, 0.2) is 0 Å². The van der Waals surface area contributed by atoms with Crippen molar-refractivity contribution in [3.8, 4) is 0 Å². The van der Waals surface area contributed by atoms with Gasteiger partial charge in [-0.3, -0.25) is 0 Å². The van der Waals surface area contributed by atoms with Gasteiger partial charge in [-0.1, -0.05) is 151 Å². The van der Waals surface area contributed by atoms with E-state index in [2.05, 4.69) is 86.6 Å². The van der Waals surface area contributed by atoms with Crippen LogP contribution in [0.2, 0.25) is 0 Å². The van der Waals surface area contributed by atoms with Crippen LogP contribution in [-0.4, -0.2) is 0 Å². The number of hydrogen-bond donors (Lipinski definition) is 2. The Kier molecular flexibility index (Phi) is 12.1. The largest absolute Gasteiger partial charge is 0.399 e. The molecule has 0 heterocycles. The Labute approximate surface area is 255 Å². The van der Waals surface area contributed by atoms with E-state index < -0.39 is 0 Å². The van der Waals surface area contributed by atoms with Crippen LogP contribution >= 0.6 is 0 Å². The predicted molar refractivity (Wildman–Crippen MR) is 183 cm³/mol. The summed E-state index contributed by atoms with van der Waals surface area (Å²) >= 11 is 0. The molecular formula is C40H52N2. The van der Waals surface area contributed by atoms with Crippen LogP contribution in [0, 0.1) is 0 Å². The molecule has 4 N–H and O–H groups in total. The number of nitrogen functional groups attached to an aromatic ring is 2. The molecule has 42 heavy (non-hydrogen) atoms. The van der Waals surface area contributed by atoms with Crippen molar-refractivity contribution in [2.45, 2.75) is 103 Å². The standard InChI is InChI=1S/C40H52N2/c1-3-4-5-6-7-8-9-10-11-12-29-40(2,36-21-13-32(14-22-36)30-34-17-25-38(41)26-18-34)37-23-15-33(16-24-37)31-35-19-27-39(42)28-20-35/h13-28H,3-12,29-31,41-42H2,1-2H3. The molecule has 0 radical (unpaired) electrons. The Bertz CT molecular complexity index is 1210. The van der Waals surface area contributed by atoms with Crippen LogP contribution in [0.15, 0.2) is 97.1 Å². The molecule has 4 aromatic carbocycles. The highest BCUT2D eigenvalue weighted by molar-refractivity contribution is 5.44. The fourth-order valence-corrected chi connectivity index (χ4v) is 6.14. The fraction of sp³-hybridized carbons (Fsp3) is 0.400. The van der Waals surface area contributed by atoms with E-state index in [1.807, 2.05) is 24.3 Å². The summed E-state index contributed by atoms with van der Waals surface area (Å²) in [5.41, 5.74) is 21.5. The SMILES string of the molecule is CCCCCCCCCCCCC(C)(c1ccc(Cc2ccc(N)cc2)cc1)c1ccc(Cc2ccc(N)cc2)cc1. The van der Waals surface area contributed by atoms with Gasteiger partial charge in [0.1, 0.15) is 0 Å². The van der Waals surface area contributed by atoms with Crippen molar-refractivity contribution in [3.63, 3.8) is 0 Å². The van der Waals surface area contributed by atoms with Crippen molar-refractivity contribution in [2.75, 3.05) is 11.5 Å². The molecule has 0 saturated heterocycles. The number of unbranched alkanes of at least 4 members (excludes halogenated alkanes) is 9. The molecule has 0 atom stereocenters. The highest BCUT2D eigenvalue weighted by Crippen LogP contribution is 2.38. The van der Waals surface area contributed by atoms with Gasteiger partial charge in [0.2, 0.25) is 0 Å². The maximum absolute atomic E-state index is 5.89. The molecule has 4 rings (SSSR count). The molecule has 4 aromatic rings. The zero-order valence-corrected chi connectivity index (χ0v) is 26.1. The number of nitrogens with two attached hydrogens (primary N) is 2. The van der Waals surface area contributed by atoms with Crippen LogP contribution in [0.3, 0.4) is 0 Å². The maximum Gasteiger partial charge on any atom is 0.0314 e. The third-order valence-corrected chi connectivity index (χ3v) is 8.99. The molecular weight excluding hydrogens is 508 g/mol. The van der Waals surface area contributed by atoms with Gasteiger partial charge in [0, 0.05) is 16.8 Å². The zero-order chi connectivity index (χ0) is 29.6. The minimum atomic E-state index is -0.0143. The Balaban J connectivity index is 1.42. The second-order valence-corrected chi connectivity index (χ2v) is 12.5. The Morgan fingerprint density at radius 2 is 0.738 bits per heavy atom. The molecule has 0 saturated carbocycles. The highest BCUT2D eigenvalue weighted by Gasteiger charge is 2.28. The maximum atomic E-state index is 5.89. The van der Waals surface area contributed by atoms with Gasteiger partial charge in [-0.25, -0.2) is 0 Å². The first-order valence-corrected chi connectivity index (χ1v) is 16.3. The van der Waals surface area contributed by atoms with Crippen LogP contribution in [0.1, 0.15) is 118 Å². The molecule has 222 valence electrons. The van der Waals surface area contributed by atoms with E-state index in [9.17, 15) is 0 Å². The van der Waals surface area contributed by atoms with Crippen molar-refractivity contribution in [3.05, 3.63) is 130 Å². The summed E-state index contributed by atoms with van der Waals surface area (Å²) in [7, 11) is 0. The van der Waals surface area contributed by atoms with Crippen molar-refractivity contribution in [1.29, 1.82) is 0 Å². The number of hydrogen-bond acceptors (Lipinski definition) is 2. The molecule has 0 amide bonds. The summed E-state index contributed by atoms with van der Waals surface area (Å²) in [5, 5.41) is 0. The smallest absolute Gasteiger partial charge is 0.0314 e. The first kappa shape index (κ1) is 31.4. The molecule has 0 aliphatic rings. The van der Waals surface area contributed by atoms with Crippen LogP contribution in [0.25, 0.3) is 0 Å². The topological polar surface area (TPSA) is 52.0 Å². The summed E-state index contributed by atoms with van der Waals surface area (Å²) in [6.07, 6.45) is 16.7. The van der Waals surface area contributed by atoms with Gasteiger partial charge in [0.25, 0.3) is 0 Å². The van der Waals surface area contributed by atoms with Gasteiger partial charge >= 0.3 is 0 Å². The molecule has 2 heteroatoms. The second kappa shape index (κ2) is 16.2. The summed E-state index contributed by atoms with van der Waals surface area (Å²) in [5.74, 6) is 0. The minimum absolute atomic E-state index is 0.0143. The van der Waals surface area contributed by atoms with Crippen LogP contribution in [-0.2, 0) is 18.3 Å². The summed E-state index contributed by atoms with van der Waals surface area (Å²) in [6.45, 7) is 4.74. The van der Waals surface area contributed by atoms with E-state index in [1.165, 1.54) is 97.6 Å². The molecule has 0 unspecified atom stereocenters. The number of rotatable bonds is 17. The Morgan fingerprint density at radius 1 is 0.429 bits per heavy atom. The van der Waals surface area contributed by atoms with E-state index in [-0.39, 0.29) is 5.41 Å². The lowest BCUT2D eigenvalue weighted by molar-refractivity contribution is 0.469. The monoisotopic (exact) mass is 560 g/mol. The van der Waals surface area contributed by atoms with Crippen molar-refractivity contribution in [1.82, 2.24) is 0 Å². The molecule has 0 aromatic heterocycles. The third kappa shape index (κ3) is 9.51.